The summed E-state index contributed by atoms with van der Waals surface area (Å²) in [7, 11) is 0. The summed E-state index contributed by atoms with van der Waals surface area (Å²) in [4.78, 5) is 43.4. The maximum absolute atomic E-state index is 13.5. The summed E-state index contributed by atoms with van der Waals surface area (Å²) in [6.45, 7) is 2.48. The third-order valence-electron chi connectivity index (χ3n) is 6.48. The third kappa shape index (κ3) is 6.41. The first-order chi connectivity index (χ1) is 18.1. The number of ether oxygens (including phenoxy) is 2. The number of thioether (sulfide) groups is 1. The number of rotatable bonds is 10. The number of aromatic nitrogens is 2. The Hall–Kier alpha value is -3.15. The zero-order chi connectivity index (χ0) is 25.6. The molecule has 2 aliphatic heterocycles. The number of hydrogen-bond acceptors (Lipinski definition) is 8. The number of carbonyl (C=O) groups excluding carboxylic acids is 2. The Bertz CT molecular complexity index is 1300. The van der Waals surface area contributed by atoms with Gasteiger partial charge in [0.2, 0.25) is 5.91 Å². The highest BCUT2D eigenvalue weighted by Crippen LogP contribution is 2.22. The van der Waals surface area contributed by atoms with Crippen molar-refractivity contribution in [3.05, 3.63) is 58.3 Å². The normalized spacial score (nSPS) is 19.4. The molecule has 0 bridgehead atoms. The van der Waals surface area contributed by atoms with E-state index in [0.29, 0.717) is 47.1 Å². The van der Waals surface area contributed by atoms with Crippen LogP contribution in [0.3, 0.4) is 0 Å². The maximum atomic E-state index is 13.5. The maximum Gasteiger partial charge on any atom is 0.262 e. The van der Waals surface area contributed by atoms with Gasteiger partial charge in [-0.15, -0.1) is 0 Å². The fourth-order valence-corrected chi connectivity index (χ4v) is 5.34. The summed E-state index contributed by atoms with van der Waals surface area (Å²) in [5, 5.41) is 6.54. The average Bonchev–Trinajstić information content (AvgIpc) is 3.70. The molecule has 37 heavy (non-hydrogen) atoms. The summed E-state index contributed by atoms with van der Waals surface area (Å²) < 4.78 is 18.2. The largest absolute Gasteiger partial charge is 0.467 e. The van der Waals surface area contributed by atoms with Gasteiger partial charge in [0, 0.05) is 25.3 Å². The molecule has 0 aliphatic carbocycles. The standard InChI is InChI=1S/C26H30N4O6S/c31-23(27-13-18-4-1-9-34-18)16-37-26-29-22-12-17(24(32)28-14-19-5-2-10-35-19)7-8-21(22)25(33)30(26)15-20-6-3-11-36-20/h1,4,7-9,12,19-20H,2-3,5-6,10-11,13-16H2,(H,27,31)(H,28,32). The monoisotopic (exact) mass is 526 g/mol. The number of amides is 2. The van der Waals surface area contributed by atoms with Crippen LogP contribution in [-0.4, -0.2) is 59.1 Å². The third-order valence-corrected chi connectivity index (χ3v) is 7.46. The summed E-state index contributed by atoms with van der Waals surface area (Å²) in [6, 6.07) is 8.45. The van der Waals surface area contributed by atoms with Crippen LogP contribution in [0.5, 0.6) is 0 Å². The van der Waals surface area contributed by atoms with Gasteiger partial charge in [-0.05, 0) is 56.0 Å². The van der Waals surface area contributed by atoms with E-state index in [2.05, 4.69) is 10.6 Å². The molecular formula is C26H30N4O6S. The lowest BCUT2D eigenvalue weighted by Crippen LogP contribution is -2.32. The van der Waals surface area contributed by atoms with Crippen LogP contribution in [0.25, 0.3) is 10.9 Å². The number of fused-ring (bicyclic) bond motifs is 1. The van der Waals surface area contributed by atoms with Gasteiger partial charge in [-0.1, -0.05) is 11.8 Å². The van der Waals surface area contributed by atoms with Gasteiger partial charge in [0.1, 0.15) is 5.76 Å². The molecule has 2 saturated heterocycles. The molecule has 2 aromatic heterocycles. The van der Waals surface area contributed by atoms with Crippen LogP contribution in [0.2, 0.25) is 0 Å². The number of carbonyl (C=O) groups is 2. The van der Waals surface area contributed by atoms with E-state index in [-0.39, 0.29) is 41.9 Å². The molecule has 0 saturated carbocycles. The van der Waals surface area contributed by atoms with E-state index in [9.17, 15) is 14.4 Å². The number of benzene rings is 1. The molecular weight excluding hydrogens is 496 g/mol. The molecule has 2 atom stereocenters. The summed E-state index contributed by atoms with van der Waals surface area (Å²) >= 11 is 1.18. The van der Waals surface area contributed by atoms with Crippen molar-refractivity contribution in [2.75, 3.05) is 25.5 Å². The Morgan fingerprint density at radius 2 is 1.89 bits per heavy atom. The minimum atomic E-state index is -0.241. The molecule has 2 fully saturated rings. The molecule has 3 aromatic rings. The van der Waals surface area contributed by atoms with E-state index in [1.165, 1.54) is 11.8 Å². The second-order valence-electron chi connectivity index (χ2n) is 9.17. The van der Waals surface area contributed by atoms with Crippen molar-refractivity contribution in [2.45, 2.75) is 56.1 Å². The van der Waals surface area contributed by atoms with E-state index in [4.69, 9.17) is 18.9 Å². The van der Waals surface area contributed by atoms with E-state index in [1.54, 1.807) is 41.2 Å². The highest BCUT2D eigenvalue weighted by atomic mass is 32.2. The Morgan fingerprint density at radius 3 is 2.62 bits per heavy atom. The van der Waals surface area contributed by atoms with Gasteiger partial charge in [-0.3, -0.25) is 19.0 Å². The molecule has 2 aliphatic rings. The minimum Gasteiger partial charge on any atom is -0.467 e. The first-order valence-electron chi connectivity index (χ1n) is 12.5. The molecule has 0 spiro atoms. The molecule has 2 amide bonds. The van der Waals surface area contributed by atoms with Gasteiger partial charge < -0.3 is 24.5 Å². The van der Waals surface area contributed by atoms with Crippen LogP contribution in [-0.2, 0) is 27.4 Å². The Morgan fingerprint density at radius 1 is 1.08 bits per heavy atom. The second-order valence-corrected chi connectivity index (χ2v) is 10.1. The van der Waals surface area contributed by atoms with Crippen LogP contribution >= 0.6 is 11.8 Å². The molecule has 4 heterocycles. The Kier molecular flexibility index (Phi) is 8.22. The topological polar surface area (TPSA) is 125 Å². The van der Waals surface area contributed by atoms with Crippen molar-refractivity contribution in [1.29, 1.82) is 0 Å². The van der Waals surface area contributed by atoms with Gasteiger partial charge in [0.15, 0.2) is 5.16 Å². The lowest BCUT2D eigenvalue weighted by molar-refractivity contribution is -0.118. The molecule has 196 valence electrons. The number of furan rings is 1. The quantitative estimate of drug-likeness (QED) is 0.305. The van der Waals surface area contributed by atoms with Crippen molar-refractivity contribution in [3.8, 4) is 0 Å². The smallest absolute Gasteiger partial charge is 0.262 e. The fraction of sp³-hybridized carbons (Fsp3) is 0.462. The summed E-state index contributed by atoms with van der Waals surface area (Å²) in [5.74, 6) is 0.282. The van der Waals surface area contributed by atoms with Gasteiger partial charge in [0.25, 0.3) is 11.5 Å². The highest BCUT2D eigenvalue weighted by Gasteiger charge is 2.22. The van der Waals surface area contributed by atoms with Gasteiger partial charge in [-0.2, -0.15) is 0 Å². The first kappa shape index (κ1) is 25.5. The minimum absolute atomic E-state index is 0.0366. The van der Waals surface area contributed by atoms with Crippen LogP contribution in [0.4, 0.5) is 0 Å². The van der Waals surface area contributed by atoms with E-state index in [0.717, 1.165) is 32.3 Å². The lowest BCUT2D eigenvalue weighted by Gasteiger charge is -2.17. The summed E-state index contributed by atoms with van der Waals surface area (Å²) in [6.07, 6.45) is 5.25. The van der Waals surface area contributed by atoms with Crippen LogP contribution < -0.4 is 16.2 Å². The highest BCUT2D eigenvalue weighted by molar-refractivity contribution is 7.99. The van der Waals surface area contributed by atoms with Gasteiger partial charge in [0.05, 0.1) is 48.2 Å². The van der Waals surface area contributed by atoms with Crippen molar-refractivity contribution in [1.82, 2.24) is 20.2 Å². The fourth-order valence-electron chi connectivity index (χ4n) is 4.50. The predicted molar refractivity (Wildman–Crippen MR) is 138 cm³/mol. The molecule has 11 heteroatoms. The molecule has 5 rings (SSSR count). The van der Waals surface area contributed by atoms with Crippen LogP contribution in [0.15, 0.2) is 51.0 Å². The predicted octanol–water partition coefficient (Wildman–Crippen LogP) is 2.49. The zero-order valence-electron chi connectivity index (χ0n) is 20.4. The Labute approximate surface area is 218 Å². The molecule has 0 radical (unpaired) electrons. The van der Waals surface area contributed by atoms with E-state index in [1.807, 2.05) is 0 Å². The molecule has 2 unspecified atom stereocenters. The molecule has 1 aromatic carbocycles. The Balaban J connectivity index is 1.35. The van der Waals surface area contributed by atoms with Gasteiger partial charge in [-0.25, -0.2) is 4.98 Å². The van der Waals surface area contributed by atoms with Crippen molar-refractivity contribution in [2.24, 2.45) is 0 Å². The van der Waals surface area contributed by atoms with Crippen LogP contribution in [0, 0.1) is 0 Å². The lowest BCUT2D eigenvalue weighted by atomic mass is 10.1. The van der Waals surface area contributed by atoms with Crippen LogP contribution in [0.1, 0.15) is 41.8 Å². The SMILES string of the molecule is O=C(CSc1nc2cc(C(=O)NCC3CCCO3)ccc2c(=O)n1CC1CCCO1)NCc1ccco1. The summed E-state index contributed by atoms with van der Waals surface area (Å²) in [5.41, 5.74) is 0.614. The van der Waals surface area contributed by atoms with E-state index < -0.39 is 0 Å². The molecule has 10 nitrogen and oxygen atoms in total. The van der Waals surface area contributed by atoms with Crippen molar-refractivity contribution in [3.63, 3.8) is 0 Å². The average molecular weight is 527 g/mol. The zero-order valence-corrected chi connectivity index (χ0v) is 21.3. The van der Waals surface area contributed by atoms with Crippen molar-refractivity contribution >= 4 is 34.5 Å². The second kappa shape index (κ2) is 11.9. The van der Waals surface area contributed by atoms with Gasteiger partial charge >= 0.3 is 0 Å². The first-order valence-corrected chi connectivity index (χ1v) is 13.5. The van der Waals surface area contributed by atoms with Crippen molar-refractivity contribution < 1.29 is 23.5 Å². The number of nitrogens with one attached hydrogen (secondary N) is 2. The van der Waals surface area contributed by atoms with E-state index >= 15 is 0 Å². The molecule has 2 N–H and O–H groups in total. The number of nitrogens with zero attached hydrogens (tertiary/aromatic N) is 2. The number of hydrogen-bond donors (Lipinski definition) is 2.